The number of ether oxygens (including phenoxy) is 2. The number of carbonyl (C=O) groups excluding carboxylic acids is 3. The number of rotatable bonds is 21. The number of hydrogen-bond acceptors (Lipinski definition) is 6. The third kappa shape index (κ3) is 21.0. The van der Waals surface area contributed by atoms with Crippen molar-refractivity contribution in [2.75, 3.05) is 0 Å². The predicted molar refractivity (Wildman–Crippen MR) is 139 cm³/mol. The lowest BCUT2D eigenvalue weighted by atomic mass is 10.0. The minimum atomic E-state index is -1.08. The van der Waals surface area contributed by atoms with Gasteiger partial charge in [-0.2, -0.15) is 0 Å². The van der Waals surface area contributed by atoms with Crippen molar-refractivity contribution >= 4 is 23.9 Å². The second-order valence-electron chi connectivity index (χ2n) is 10.5. The third-order valence-corrected chi connectivity index (χ3v) is 5.70. The highest BCUT2D eigenvalue weighted by Crippen LogP contribution is 2.16. The van der Waals surface area contributed by atoms with Gasteiger partial charge in [0.15, 0.2) is 0 Å². The summed E-state index contributed by atoms with van der Waals surface area (Å²) in [5.74, 6) is -2.29. The summed E-state index contributed by atoms with van der Waals surface area (Å²) >= 11 is 0. The molecule has 0 radical (unpaired) electrons. The number of unbranched alkanes of at least 4 members (excludes halogenated alkanes) is 10. The van der Waals surface area contributed by atoms with Crippen molar-refractivity contribution in [3.8, 4) is 0 Å². The van der Waals surface area contributed by atoms with Crippen molar-refractivity contribution in [1.82, 2.24) is 5.32 Å². The first-order chi connectivity index (χ1) is 16.9. The highest BCUT2D eigenvalue weighted by molar-refractivity contribution is 5.82. The molecular formula is C27H50N2O7. The van der Waals surface area contributed by atoms with Gasteiger partial charge in [-0.3, -0.25) is 9.59 Å². The number of nitrogens with one attached hydrogen (secondary N) is 1. The van der Waals surface area contributed by atoms with Crippen LogP contribution in [-0.4, -0.2) is 46.8 Å². The Labute approximate surface area is 217 Å². The molecule has 0 bridgehead atoms. The van der Waals surface area contributed by atoms with Gasteiger partial charge in [0.25, 0.3) is 0 Å². The number of aliphatic carboxylic acids is 1. The predicted octanol–water partition coefficient (Wildman–Crippen LogP) is 5.62. The largest absolute Gasteiger partial charge is 0.481 e. The lowest BCUT2D eigenvalue weighted by Crippen LogP contribution is -2.45. The van der Waals surface area contributed by atoms with Crippen LogP contribution >= 0.6 is 0 Å². The van der Waals surface area contributed by atoms with Gasteiger partial charge in [0.2, 0.25) is 5.91 Å². The molecule has 36 heavy (non-hydrogen) atoms. The molecule has 0 aliphatic heterocycles. The van der Waals surface area contributed by atoms with Gasteiger partial charge in [-0.25, -0.2) is 9.59 Å². The molecule has 0 fully saturated rings. The van der Waals surface area contributed by atoms with Crippen LogP contribution < -0.4 is 11.1 Å². The van der Waals surface area contributed by atoms with Crippen LogP contribution in [0.25, 0.3) is 0 Å². The van der Waals surface area contributed by atoms with Crippen molar-refractivity contribution in [3.05, 3.63) is 0 Å². The summed E-state index contributed by atoms with van der Waals surface area (Å²) in [6.45, 7) is 7.30. The Kier molecular flexibility index (Phi) is 18.5. The fourth-order valence-corrected chi connectivity index (χ4v) is 3.87. The zero-order valence-electron chi connectivity index (χ0n) is 22.9. The Hall–Kier alpha value is -2.32. The normalized spacial score (nSPS) is 13.0. The SMILES string of the molecule is CCCCCCCCCCCCC[C@@H](CC(N)=O)OC(=O)[C@@H](CCCC(=O)O)NC(=O)OC(C)(C)C. The van der Waals surface area contributed by atoms with Gasteiger partial charge in [0, 0.05) is 6.42 Å². The van der Waals surface area contributed by atoms with E-state index >= 15 is 0 Å². The number of primary amides is 1. The Morgan fingerprint density at radius 1 is 0.833 bits per heavy atom. The van der Waals surface area contributed by atoms with Crippen LogP contribution in [0.1, 0.15) is 130 Å². The number of amides is 2. The maximum absolute atomic E-state index is 12.8. The molecule has 0 saturated heterocycles. The monoisotopic (exact) mass is 514 g/mol. The Balaban J connectivity index is 4.64. The van der Waals surface area contributed by atoms with E-state index in [1.165, 1.54) is 51.4 Å². The Bertz CT molecular complexity index is 647. The quantitative estimate of drug-likeness (QED) is 0.133. The van der Waals surface area contributed by atoms with Crippen LogP contribution in [0.4, 0.5) is 4.79 Å². The van der Waals surface area contributed by atoms with Gasteiger partial charge in [0.1, 0.15) is 17.7 Å². The smallest absolute Gasteiger partial charge is 0.408 e. The maximum Gasteiger partial charge on any atom is 0.408 e. The second kappa shape index (κ2) is 19.8. The standard InChI is InChI=1S/C27H50N2O7/c1-5-6-7-8-9-10-11-12-13-14-15-17-21(20-23(28)30)35-25(33)22(18-16-19-24(31)32)29-26(34)36-27(2,3)4/h21-22H,5-20H2,1-4H3,(H2,28,30)(H,29,34)(H,31,32)/t21-,22+/m0/s1. The molecule has 0 aliphatic carbocycles. The number of carbonyl (C=O) groups is 4. The number of carboxylic acid groups (broad SMARTS) is 1. The second-order valence-corrected chi connectivity index (χ2v) is 10.5. The summed E-state index contributed by atoms with van der Waals surface area (Å²) in [6, 6.07) is -1.08. The molecule has 0 aromatic rings. The van der Waals surface area contributed by atoms with Crippen LogP contribution in [0.5, 0.6) is 0 Å². The number of hydrogen-bond donors (Lipinski definition) is 3. The summed E-state index contributed by atoms with van der Waals surface area (Å²) in [4.78, 5) is 47.4. The van der Waals surface area contributed by atoms with E-state index in [4.69, 9.17) is 20.3 Å². The summed E-state index contributed by atoms with van der Waals surface area (Å²) in [7, 11) is 0. The zero-order chi connectivity index (χ0) is 27.4. The summed E-state index contributed by atoms with van der Waals surface area (Å²) in [6.07, 6.45) is 12.0. The highest BCUT2D eigenvalue weighted by Gasteiger charge is 2.28. The van der Waals surface area contributed by atoms with Gasteiger partial charge in [-0.05, 0) is 46.5 Å². The van der Waals surface area contributed by atoms with Gasteiger partial charge >= 0.3 is 18.0 Å². The molecule has 2 amide bonds. The molecule has 0 heterocycles. The van der Waals surface area contributed by atoms with Gasteiger partial charge < -0.3 is 25.6 Å². The highest BCUT2D eigenvalue weighted by atomic mass is 16.6. The molecule has 0 spiro atoms. The molecule has 2 atom stereocenters. The van der Waals surface area contributed by atoms with E-state index in [0.717, 1.165) is 19.3 Å². The lowest BCUT2D eigenvalue weighted by Gasteiger charge is -2.24. The fraction of sp³-hybridized carbons (Fsp3) is 0.852. The topological polar surface area (TPSA) is 145 Å². The van der Waals surface area contributed by atoms with Crippen molar-refractivity contribution in [3.63, 3.8) is 0 Å². The minimum Gasteiger partial charge on any atom is -0.481 e. The average Bonchev–Trinajstić information content (AvgIpc) is 2.74. The summed E-state index contributed by atoms with van der Waals surface area (Å²) in [5, 5.41) is 11.4. The molecule has 9 heteroatoms. The van der Waals surface area contributed by atoms with Crippen LogP contribution in [0.2, 0.25) is 0 Å². The van der Waals surface area contributed by atoms with Crippen molar-refractivity contribution < 1.29 is 33.8 Å². The molecule has 0 aromatic heterocycles. The van der Waals surface area contributed by atoms with E-state index in [1.807, 2.05) is 0 Å². The van der Waals surface area contributed by atoms with E-state index in [1.54, 1.807) is 20.8 Å². The third-order valence-electron chi connectivity index (χ3n) is 5.70. The molecule has 9 nitrogen and oxygen atoms in total. The van der Waals surface area contributed by atoms with E-state index in [-0.39, 0.29) is 25.7 Å². The zero-order valence-corrected chi connectivity index (χ0v) is 22.9. The van der Waals surface area contributed by atoms with Gasteiger partial charge in [-0.1, -0.05) is 71.1 Å². The molecular weight excluding hydrogens is 464 g/mol. The molecule has 0 aliphatic rings. The number of carboxylic acids is 1. The number of esters is 1. The fourth-order valence-electron chi connectivity index (χ4n) is 3.87. The molecule has 210 valence electrons. The van der Waals surface area contributed by atoms with E-state index in [9.17, 15) is 19.2 Å². The van der Waals surface area contributed by atoms with Crippen molar-refractivity contribution in [2.24, 2.45) is 5.73 Å². The first-order valence-electron chi connectivity index (χ1n) is 13.6. The van der Waals surface area contributed by atoms with E-state index in [2.05, 4.69) is 12.2 Å². The molecule has 0 rings (SSSR count). The van der Waals surface area contributed by atoms with Crippen molar-refractivity contribution in [1.29, 1.82) is 0 Å². The molecule has 0 unspecified atom stereocenters. The maximum atomic E-state index is 12.8. The number of nitrogens with two attached hydrogens (primary N) is 1. The van der Waals surface area contributed by atoms with Crippen LogP contribution in [-0.2, 0) is 23.9 Å². The van der Waals surface area contributed by atoms with E-state index < -0.39 is 41.7 Å². The first-order valence-corrected chi connectivity index (χ1v) is 13.6. The number of alkyl carbamates (subject to hydrolysis) is 1. The summed E-state index contributed by atoms with van der Waals surface area (Å²) in [5.41, 5.74) is 4.59. The van der Waals surface area contributed by atoms with Crippen LogP contribution in [0, 0.1) is 0 Å². The molecule has 0 saturated carbocycles. The van der Waals surface area contributed by atoms with E-state index in [0.29, 0.717) is 6.42 Å². The summed E-state index contributed by atoms with van der Waals surface area (Å²) < 4.78 is 10.8. The lowest BCUT2D eigenvalue weighted by molar-refractivity contribution is -0.153. The van der Waals surface area contributed by atoms with Crippen molar-refractivity contribution in [2.45, 2.75) is 148 Å². The minimum absolute atomic E-state index is 0.0755. The van der Waals surface area contributed by atoms with Gasteiger partial charge in [0.05, 0.1) is 6.42 Å². The van der Waals surface area contributed by atoms with Crippen LogP contribution in [0.3, 0.4) is 0 Å². The molecule has 4 N–H and O–H groups in total. The first kappa shape index (κ1) is 33.7. The Morgan fingerprint density at radius 3 is 1.83 bits per heavy atom. The molecule has 0 aromatic carbocycles. The Morgan fingerprint density at radius 2 is 1.36 bits per heavy atom. The average molecular weight is 515 g/mol. The van der Waals surface area contributed by atoms with Gasteiger partial charge in [-0.15, -0.1) is 0 Å². The van der Waals surface area contributed by atoms with Crippen LogP contribution in [0.15, 0.2) is 0 Å².